The average Bonchev–Trinajstić information content (AvgIpc) is 2.34. The Bertz CT molecular complexity index is 381. The second-order valence-corrected chi connectivity index (χ2v) is 4.84. The topological polar surface area (TPSA) is 38.3 Å². The first-order valence-corrected chi connectivity index (χ1v) is 6.47. The maximum atomic E-state index is 11.4. The van der Waals surface area contributed by atoms with Crippen molar-refractivity contribution in [3.8, 4) is 0 Å². The summed E-state index contributed by atoms with van der Waals surface area (Å²) < 4.78 is 5.75. The van der Waals surface area contributed by atoms with E-state index in [1.54, 1.807) is 0 Å². The molecular formula is C13H18BrNO2. The molecule has 1 aromatic carbocycles. The molecule has 1 N–H and O–H groups in total. The van der Waals surface area contributed by atoms with Gasteiger partial charge < -0.3 is 4.74 Å². The Balaban J connectivity index is 2.75. The highest BCUT2D eigenvalue weighted by atomic mass is 79.9. The number of carbonyl (C=O) groups is 1. The fourth-order valence-corrected chi connectivity index (χ4v) is 2.14. The molecule has 0 saturated heterocycles. The molecule has 1 aromatic rings. The smallest absolute Gasteiger partial charge is 0.322 e. The number of hydrogen-bond acceptors (Lipinski definition) is 3. The monoisotopic (exact) mass is 299 g/mol. The summed E-state index contributed by atoms with van der Waals surface area (Å²) in [6.07, 6.45) is 0.914. The molecule has 3 nitrogen and oxygen atoms in total. The lowest BCUT2D eigenvalue weighted by atomic mass is 10.0. The number of carbonyl (C=O) groups excluding carboxylic acids is 1. The van der Waals surface area contributed by atoms with Crippen LogP contribution in [0.25, 0.3) is 0 Å². The molecule has 17 heavy (non-hydrogen) atoms. The van der Waals surface area contributed by atoms with Crippen LogP contribution in [0, 0.1) is 0 Å². The number of nitrogens with one attached hydrogen (secondary N) is 1. The first-order chi connectivity index (χ1) is 8.08. The van der Waals surface area contributed by atoms with E-state index in [1.807, 2.05) is 19.1 Å². The predicted molar refractivity (Wildman–Crippen MR) is 71.8 cm³/mol. The van der Waals surface area contributed by atoms with Crippen molar-refractivity contribution in [3.05, 3.63) is 34.3 Å². The summed E-state index contributed by atoms with van der Waals surface area (Å²) >= 11 is 3.45. The Labute approximate surface area is 111 Å². The lowest BCUT2D eigenvalue weighted by Gasteiger charge is -2.21. The summed E-state index contributed by atoms with van der Waals surface area (Å²) in [6, 6.07) is 7.94. The molecule has 94 valence electrons. The zero-order valence-corrected chi connectivity index (χ0v) is 12.0. The van der Waals surface area contributed by atoms with Gasteiger partial charge in [-0.25, -0.2) is 0 Å². The molecule has 0 bridgehead atoms. The van der Waals surface area contributed by atoms with E-state index in [2.05, 4.69) is 40.3 Å². The van der Waals surface area contributed by atoms with Crippen molar-refractivity contribution in [2.24, 2.45) is 0 Å². The second kappa shape index (κ2) is 6.77. The van der Waals surface area contributed by atoms with Crippen LogP contribution in [0.2, 0.25) is 0 Å². The number of methoxy groups -OCH3 is 1. The molecule has 0 heterocycles. The maximum absolute atomic E-state index is 11.4. The van der Waals surface area contributed by atoms with Crippen molar-refractivity contribution in [1.29, 1.82) is 0 Å². The van der Waals surface area contributed by atoms with E-state index in [4.69, 9.17) is 4.74 Å². The van der Waals surface area contributed by atoms with E-state index in [9.17, 15) is 4.79 Å². The van der Waals surface area contributed by atoms with Crippen LogP contribution in [0.1, 0.15) is 31.9 Å². The molecule has 2 atom stereocenters. The fourth-order valence-electron chi connectivity index (χ4n) is 1.72. The normalized spacial score (nSPS) is 14.1. The summed E-state index contributed by atoms with van der Waals surface area (Å²) in [5, 5.41) is 3.27. The summed E-state index contributed by atoms with van der Waals surface area (Å²) in [7, 11) is 1.40. The third-order valence-corrected chi connectivity index (χ3v) is 3.16. The third kappa shape index (κ3) is 4.13. The zero-order valence-electron chi connectivity index (χ0n) is 10.4. The lowest BCUT2D eigenvalue weighted by Crippen LogP contribution is -2.37. The lowest BCUT2D eigenvalue weighted by molar-refractivity contribution is -0.142. The molecule has 0 aliphatic carbocycles. The minimum atomic E-state index is -0.302. The van der Waals surface area contributed by atoms with Crippen molar-refractivity contribution < 1.29 is 9.53 Å². The van der Waals surface area contributed by atoms with E-state index in [-0.39, 0.29) is 18.1 Å². The van der Waals surface area contributed by atoms with Crippen molar-refractivity contribution in [3.63, 3.8) is 0 Å². The van der Waals surface area contributed by atoms with Crippen LogP contribution in [-0.4, -0.2) is 19.1 Å². The summed E-state index contributed by atoms with van der Waals surface area (Å²) in [6.45, 7) is 3.90. The Morgan fingerprint density at radius 3 is 2.76 bits per heavy atom. The van der Waals surface area contributed by atoms with Gasteiger partial charge in [0.25, 0.3) is 0 Å². The number of benzene rings is 1. The van der Waals surface area contributed by atoms with Crippen LogP contribution in [0.3, 0.4) is 0 Å². The standard InChI is InChI=1S/C13H18BrNO2/c1-4-12(15-9(2)13(16)17-3)10-6-5-7-11(14)8-10/h5-9,12,15H,4H2,1-3H3. The molecule has 0 saturated carbocycles. The van der Waals surface area contributed by atoms with Gasteiger partial charge in [0.2, 0.25) is 0 Å². The van der Waals surface area contributed by atoms with Gasteiger partial charge in [-0.1, -0.05) is 35.0 Å². The molecule has 0 aliphatic heterocycles. The molecular weight excluding hydrogens is 282 g/mol. The molecule has 0 aliphatic rings. The van der Waals surface area contributed by atoms with Gasteiger partial charge in [-0.05, 0) is 31.0 Å². The van der Waals surface area contributed by atoms with Gasteiger partial charge in [-0.3, -0.25) is 10.1 Å². The first-order valence-electron chi connectivity index (χ1n) is 5.67. The van der Waals surface area contributed by atoms with Gasteiger partial charge in [0.1, 0.15) is 6.04 Å². The van der Waals surface area contributed by atoms with Crippen LogP contribution in [0.4, 0.5) is 0 Å². The van der Waals surface area contributed by atoms with Gasteiger partial charge in [0, 0.05) is 10.5 Å². The van der Waals surface area contributed by atoms with Crippen LogP contribution >= 0.6 is 15.9 Å². The second-order valence-electron chi connectivity index (χ2n) is 3.93. The molecule has 4 heteroatoms. The molecule has 0 radical (unpaired) electrons. The van der Waals surface area contributed by atoms with Crippen LogP contribution in [0.5, 0.6) is 0 Å². The number of esters is 1. The minimum absolute atomic E-state index is 0.154. The highest BCUT2D eigenvalue weighted by molar-refractivity contribution is 9.10. The van der Waals surface area contributed by atoms with Crippen molar-refractivity contribution in [2.75, 3.05) is 7.11 Å². The van der Waals surface area contributed by atoms with E-state index in [0.29, 0.717) is 0 Å². The van der Waals surface area contributed by atoms with Crippen LogP contribution < -0.4 is 5.32 Å². The molecule has 0 aromatic heterocycles. The van der Waals surface area contributed by atoms with E-state index in [1.165, 1.54) is 7.11 Å². The Hall–Kier alpha value is -0.870. The third-order valence-electron chi connectivity index (χ3n) is 2.67. The number of ether oxygens (including phenoxy) is 1. The molecule has 0 fully saturated rings. The maximum Gasteiger partial charge on any atom is 0.322 e. The zero-order chi connectivity index (χ0) is 12.8. The molecule has 0 spiro atoms. The van der Waals surface area contributed by atoms with E-state index < -0.39 is 0 Å². The number of hydrogen-bond donors (Lipinski definition) is 1. The first kappa shape index (κ1) is 14.2. The van der Waals surface area contributed by atoms with Gasteiger partial charge in [0.15, 0.2) is 0 Å². The van der Waals surface area contributed by atoms with E-state index in [0.717, 1.165) is 16.5 Å². The molecule has 2 unspecified atom stereocenters. The Morgan fingerprint density at radius 1 is 1.53 bits per heavy atom. The highest BCUT2D eigenvalue weighted by Crippen LogP contribution is 2.21. The average molecular weight is 300 g/mol. The Kier molecular flexibility index (Phi) is 5.65. The molecule has 1 rings (SSSR count). The number of halogens is 1. The highest BCUT2D eigenvalue weighted by Gasteiger charge is 2.18. The van der Waals surface area contributed by atoms with Crippen molar-refractivity contribution in [2.45, 2.75) is 32.4 Å². The number of rotatable bonds is 5. The SMILES string of the molecule is CCC(NC(C)C(=O)OC)c1cccc(Br)c1. The quantitative estimate of drug-likeness (QED) is 0.849. The van der Waals surface area contributed by atoms with Gasteiger partial charge in [-0.2, -0.15) is 0 Å². The summed E-state index contributed by atoms with van der Waals surface area (Å²) in [5.74, 6) is -0.238. The van der Waals surface area contributed by atoms with Crippen LogP contribution in [-0.2, 0) is 9.53 Å². The molecule has 0 amide bonds. The predicted octanol–water partition coefficient (Wildman–Crippen LogP) is 3.05. The van der Waals surface area contributed by atoms with E-state index >= 15 is 0 Å². The van der Waals surface area contributed by atoms with Gasteiger partial charge in [-0.15, -0.1) is 0 Å². The van der Waals surface area contributed by atoms with Crippen molar-refractivity contribution >= 4 is 21.9 Å². The minimum Gasteiger partial charge on any atom is -0.468 e. The summed E-state index contributed by atoms with van der Waals surface area (Å²) in [4.78, 5) is 11.4. The Morgan fingerprint density at radius 2 is 2.24 bits per heavy atom. The summed E-state index contributed by atoms with van der Waals surface area (Å²) in [5.41, 5.74) is 1.16. The fraction of sp³-hybridized carbons (Fsp3) is 0.462. The van der Waals surface area contributed by atoms with Crippen LogP contribution in [0.15, 0.2) is 28.7 Å². The van der Waals surface area contributed by atoms with Gasteiger partial charge >= 0.3 is 5.97 Å². The van der Waals surface area contributed by atoms with Gasteiger partial charge in [0.05, 0.1) is 7.11 Å². The largest absolute Gasteiger partial charge is 0.468 e. The van der Waals surface area contributed by atoms with Crippen molar-refractivity contribution in [1.82, 2.24) is 5.32 Å².